The third-order valence-electron chi connectivity index (χ3n) is 3.88. The van der Waals surface area contributed by atoms with Gasteiger partial charge >= 0.3 is 5.97 Å². The van der Waals surface area contributed by atoms with Crippen LogP contribution in [0.3, 0.4) is 0 Å². The van der Waals surface area contributed by atoms with Crippen LogP contribution in [0.4, 0.5) is 0 Å². The third kappa shape index (κ3) is 3.08. The van der Waals surface area contributed by atoms with Crippen molar-refractivity contribution in [2.24, 2.45) is 0 Å². The number of benzene rings is 2. The Morgan fingerprint density at radius 2 is 1.75 bits per heavy atom. The summed E-state index contributed by atoms with van der Waals surface area (Å²) in [6.45, 7) is 6.19. The van der Waals surface area contributed by atoms with Gasteiger partial charge in [-0.3, -0.25) is 4.79 Å². The Labute approximate surface area is 120 Å². The molecule has 104 valence electrons. The normalized spacial score (nSPS) is 12.2. The molecule has 2 aromatic rings. The van der Waals surface area contributed by atoms with Crippen LogP contribution in [0.2, 0.25) is 0 Å². The van der Waals surface area contributed by atoms with Crippen molar-refractivity contribution in [2.75, 3.05) is 0 Å². The Morgan fingerprint density at radius 3 is 2.35 bits per heavy atom. The topological polar surface area (TPSA) is 37.3 Å². The Hall–Kier alpha value is -2.09. The Morgan fingerprint density at radius 1 is 1.10 bits per heavy atom. The summed E-state index contributed by atoms with van der Waals surface area (Å²) >= 11 is 0. The van der Waals surface area contributed by atoms with Gasteiger partial charge in [-0.1, -0.05) is 49.4 Å². The zero-order chi connectivity index (χ0) is 14.7. The second kappa shape index (κ2) is 5.91. The fraction of sp³-hybridized carbons (Fsp3) is 0.278. The van der Waals surface area contributed by atoms with E-state index < -0.39 is 5.97 Å². The fourth-order valence-corrected chi connectivity index (χ4v) is 2.43. The number of aryl methyl sites for hydroxylation is 1. The minimum Gasteiger partial charge on any atom is -0.481 e. The Bertz CT molecular complexity index is 612. The molecule has 0 heterocycles. The molecule has 0 spiro atoms. The summed E-state index contributed by atoms with van der Waals surface area (Å²) in [5, 5.41) is 8.84. The molecule has 1 atom stereocenters. The molecule has 1 N–H and O–H groups in total. The highest BCUT2D eigenvalue weighted by molar-refractivity contribution is 5.70. The molecule has 0 saturated carbocycles. The second-order valence-electron chi connectivity index (χ2n) is 5.37. The highest BCUT2D eigenvalue weighted by Crippen LogP contribution is 2.27. The van der Waals surface area contributed by atoms with Crippen LogP contribution in [0.5, 0.6) is 0 Å². The standard InChI is InChI=1S/C18H20O2/c1-12-5-4-6-17(14(12)3)16-9-7-15(8-10-16)13(2)11-18(19)20/h4-10,13H,11H2,1-3H3,(H,19,20). The van der Waals surface area contributed by atoms with Crippen molar-refractivity contribution in [3.8, 4) is 11.1 Å². The van der Waals surface area contributed by atoms with Gasteiger partial charge in [0.15, 0.2) is 0 Å². The summed E-state index contributed by atoms with van der Waals surface area (Å²) in [4.78, 5) is 10.8. The summed E-state index contributed by atoms with van der Waals surface area (Å²) in [5.41, 5.74) is 6.06. The molecule has 2 nitrogen and oxygen atoms in total. The number of carboxylic acid groups (broad SMARTS) is 1. The van der Waals surface area contributed by atoms with Gasteiger partial charge in [0.05, 0.1) is 6.42 Å². The summed E-state index contributed by atoms with van der Waals surface area (Å²) in [6, 6.07) is 14.5. The van der Waals surface area contributed by atoms with Crippen LogP contribution in [-0.4, -0.2) is 11.1 Å². The van der Waals surface area contributed by atoms with Crippen molar-refractivity contribution in [1.82, 2.24) is 0 Å². The third-order valence-corrected chi connectivity index (χ3v) is 3.88. The predicted octanol–water partition coefficient (Wildman–Crippen LogP) is 4.55. The van der Waals surface area contributed by atoms with Gasteiger partial charge in [0.25, 0.3) is 0 Å². The summed E-state index contributed by atoms with van der Waals surface area (Å²) in [5.74, 6) is -0.712. The Kier molecular flexibility index (Phi) is 4.23. The van der Waals surface area contributed by atoms with Crippen molar-refractivity contribution in [3.63, 3.8) is 0 Å². The first-order chi connectivity index (χ1) is 9.49. The van der Waals surface area contributed by atoms with Crippen molar-refractivity contribution in [1.29, 1.82) is 0 Å². The molecule has 2 heteroatoms. The van der Waals surface area contributed by atoms with E-state index in [4.69, 9.17) is 5.11 Å². The van der Waals surface area contributed by atoms with Crippen molar-refractivity contribution < 1.29 is 9.90 Å². The van der Waals surface area contributed by atoms with Crippen LogP contribution in [0.15, 0.2) is 42.5 Å². The van der Waals surface area contributed by atoms with Gasteiger partial charge < -0.3 is 5.11 Å². The average molecular weight is 268 g/mol. The van der Waals surface area contributed by atoms with E-state index in [2.05, 4.69) is 44.2 Å². The highest BCUT2D eigenvalue weighted by atomic mass is 16.4. The average Bonchev–Trinajstić information content (AvgIpc) is 2.41. The quantitative estimate of drug-likeness (QED) is 0.883. The maximum atomic E-state index is 10.8. The van der Waals surface area contributed by atoms with Gasteiger partial charge in [0.2, 0.25) is 0 Å². The monoisotopic (exact) mass is 268 g/mol. The van der Waals surface area contributed by atoms with Crippen molar-refractivity contribution >= 4 is 5.97 Å². The molecule has 2 rings (SSSR count). The van der Waals surface area contributed by atoms with E-state index in [0.717, 1.165) is 5.56 Å². The molecule has 0 fully saturated rings. The minimum absolute atomic E-state index is 0.0418. The van der Waals surface area contributed by atoms with Crippen LogP contribution >= 0.6 is 0 Å². The number of carboxylic acids is 1. The molecule has 1 unspecified atom stereocenters. The van der Waals surface area contributed by atoms with E-state index in [1.54, 1.807) is 0 Å². The van der Waals surface area contributed by atoms with Crippen LogP contribution in [-0.2, 0) is 4.79 Å². The first kappa shape index (κ1) is 14.3. The highest BCUT2D eigenvalue weighted by Gasteiger charge is 2.10. The molecule has 0 aliphatic carbocycles. The molecule has 0 radical (unpaired) electrons. The van der Waals surface area contributed by atoms with Crippen LogP contribution < -0.4 is 0 Å². The predicted molar refractivity (Wildman–Crippen MR) is 82.0 cm³/mol. The number of rotatable bonds is 4. The lowest BCUT2D eigenvalue weighted by molar-refractivity contribution is -0.137. The van der Waals surface area contributed by atoms with E-state index in [1.165, 1.54) is 22.3 Å². The molecule has 20 heavy (non-hydrogen) atoms. The molecule has 0 aromatic heterocycles. The molecule has 0 aliphatic heterocycles. The van der Waals surface area contributed by atoms with Crippen molar-refractivity contribution in [2.45, 2.75) is 33.1 Å². The molecule has 2 aromatic carbocycles. The molecule has 0 bridgehead atoms. The second-order valence-corrected chi connectivity index (χ2v) is 5.37. The maximum absolute atomic E-state index is 10.8. The Balaban J connectivity index is 2.28. The molecule has 0 amide bonds. The van der Waals surface area contributed by atoms with Gasteiger partial charge in [-0.15, -0.1) is 0 Å². The minimum atomic E-state index is -0.754. The molecular weight excluding hydrogens is 248 g/mol. The largest absolute Gasteiger partial charge is 0.481 e. The zero-order valence-electron chi connectivity index (χ0n) is 12.2. The smallest absolute Gasteiger partial charge is 0.303 e. The fourth-order valence-electron chi connectivity index (χ4n) is 2.43. The first-order valence-electron chi connectivity index (χ1n) is 6.87. The van der Waals surface area contributed by atoms with Gasteiger partial charge in [-0.25, -0.2) is 0 Å². The van der Waals surface area contributed by atoms with E-state index in [-0.39, 0.29) is 12.3 Å². The first-order valence-corrected chi connectivity index (χ1v) is 6.87. The van der Waals surface area contributed by atoms with E-state index in [1.807, 2.05) is 19.1 Å². The maximum Gasteiger partial charge on any atom is 0.303 e. The lowest BCUT2D eigenvalue weighted by Gasteiger charge is -2.12. The lowest BCUT2D eigenvalue weighted by Crippen LogP contribution is -2.02. The summed E-state index contributed by atoms with van der Waals surface area (Å²) in [6.07, 6.45) is 0.169. The van der Waals surface area contributed by atoms with Gasteiger partial charge in [0, 0.05) is 0 Å². The van der Waals surface area contributed by atoms with Crippen molar-refractivity contribution in [3.05, 3.63) is 59.2 Å². The van der Waals surface area contributed by atoms with Crippen LogP contribution in [0.25, 0.3) is 11.1 Å². The SMILES string of the molecule is Cc1cccc(-c2ccc(C(C)CC(=O)O)cc2)c1C. The molecule has 0 aliphatic rings. The number of hydrogen-bond acceptors (Lipinski definition) is 1. The van der Waals surface area contributed by atoms with Crippen LogP contribution in [0.1, 0.15) is 36.0 Å². The van der Waals surface area contributed by atoms with E-state index in [9.17, 15) is 4.79 Å². The number of aliphatic carboxylic acids is 1. The van der Waals surface area contributed by atoms with Gasteiger partial charge in [-0.2, -0.15) is 0 Å². The zero-order valence-corrected chi connectivity index (χ0v) is 12.2. The van der Waals surface area contributed by atoms with Gasteiger partial charge in [-0.05, 0) is 47.6 Å². The lowest BCUT2D eigenvalue weighted by atomic mass is 9.93. The molecule has 0 saturated heterocycles. The van der Waals surface area contributed by atoms with E-state index in [0.29, 0.717) is 0 Å². The number of carbonyl (C=O) groups is 1. The summed E-state index contributed by atoms with van der Waals surface area (Å²) in [7, 11) is 0. The van der Waals surface area contributed by atoms with Gasteiger partial charge in [0.1, 0.15) is 0 Å². The van der Waals surface area contributed by atoms with E-state index >= 15 is 0 Å². The molecular formula is C18H20O2. The summed E-state index contributed by atoms with van der Waals surface area (Å²) < 4.78 is 0. The number of hydrogen-bond donors (Lipinski definition) is 1. The van der Waals surface area contributed by atoms with Crippen LogP contribution in [0, 0.1) is 13.8 Å².